The molecule has 0 fully saturated rings. The van der Waals surface area contributed by atoms with Gasteiger partial charge in [0, 0.05) is 0 Å². The lowest BCUT2D eigenvalue weighted by Crippen LogP contribution is -1.76. The second-order valence-electron chi connectivity index (χ2n) is 2.31. The average Bonchev–Trinajstić information content (AvgIpc) is 2.33. The van der Waals surface area contributed by atoms with Gasteiger partial charge in [0.05, 0.1) is 0 Å². The van der Waals surface area contributed by atoms with Gasteiger partial charge in [-0.3, -0.25) is 0 Å². The Hall–Kier alpha value is -0.750. The van der Waals surface area contributed by atoms with Gasteiger partial charge in [-0.2, -0.15) is 0 Å². The number of hydrogen-bond donors (Lipinski definition) is 0. The molecule has 0 spiro atoms. The highest BCUT2D eigenvalue weighted by molar-refractivity contribution is 5.85. The Morgan fingerprint density at radius 1 is 1.10 bits per heavy atom. The Morgan fingerprint density at radius 2 is 1.90 bits per heavy atom. The minimum absolute atomic E-state index is 0. The van der Waals surface area contributed by atoms with Crippen LogP contribution in [0.2, 0.25) is 0 Å². The standard InChI is InChI=1S/C9H8.ClH/c1-2-5-9-7-3-6-8(9)4-1;/h1-6H,7H2;1H. The third-order valence-corrected chi connectivity index (χ3v) is 1.69. The van der Waals surface area contributed by atoms with Gasteiger partial charge in [0.1, 0.15) is 0 Å². The minimum atomic E-state index is 0. The van der Waals surface area contributed by atoms with Crippen molar-refractivity contribution in [3.05, 3.63) is 41.5 Å². The maximum absolute atomic E-state index is 2.20. The number of benzene rings is 1. The molecule has 1 aromatic rings. The summed E-state index contributed by atoms with van der Waals surface area (Å²) in [4.78, 5) is 0. The molecule has 1 aliphatic carbocycles. The molecule has 0 saturated carbocycles. The molecule has 0 nitrogen and oxygen atoms in total. The van der Waals surface area contributed by atoms with Gasteiger partial charge in [-0.15, -0.1) is 12.4 Å². The van der Waals surface area contributed by atoms with E-state index in [0.717, 1.165) is 6.42 Å². The van der Waals surface area contributed by atoms with Crippen molar-refractivity contribution in [2.45, 2.75) is 6.42 Å². The summed E-state index contributed by atoms with van der Waals surface area (Å²) in [5.74, 6) is 0. The van der Waals surface area contributed by atoms with Crippen LogP contribution in [-0.4, -0.2) is 0 Å². The molecular formula is C9H9Cl. The summed E-state index contributed by atoms with van der Waals surface area (Å²) in [6.07, 6.45) is 5.50. The first kappa shape index (κ1) is 7.36. The molecule has 1 heteroatoms. The van der Waals surface area contributed by atoms with E-state index >= 15 is 0 Å². The van der Waals surface area contributed by atoms with Gasteiger partial charge >= 0.3 is 0 Å². The normalized spacial score (nSPS) is 12.4. The SMILES string of the molecule is C1=Cc2ccccc2C1.Cl. The van der Waals surface area contributed by atoms with E-state index in [1.165, 1.54) is 11.1 Å². The third kappa shape index (κ3) is 1.07. The van der Waals surface area contributed by atoms with Gasteiger partial charge in [-0.05, 0) is 17.5 Å². The lowest BCUT2D eigenvalue weighted by molar-refractivity contribution is 1.31. The average molecular weight is 153 g/mol. The summed E-state index contributed by atoms with van der Waals surface area (Å²) in [5, 5.41) is 0. The van der Waals surface area contributed by atoms with Gasteiger partial charge in [0.2, 0.25) is 0 Å². The van der Waals surface area contributed by atoms with E-state index in [-0.39, 0.29) is 12.4 Å². The van der Waals surface area contributed by atoms with Crippen molar-refractivity contribution in [1.29, 1.82) is 0 Å². The van der Waals surface area contributed by atoms with Crippen LogP contribution >= 0.6 is 12.4 Å². The fraction of sp³-hybridized carbons (Fsp3) is 0.111. The summed E-state index contributed by atoms with van der Waals surface area (Å²) < 4.78 is 0. The fourth-order valence-electron chi connectivity index (χ4n) is 1.20. The monoisotopic (exact) mass is 152 g/mol. The van der Waals surface area contributed by atoms with Crippen LogP contribution in [0.25, 0.3) is 6.08 Å². The summed E-state index contributed by atoms with van der Waals surface area (Å²) in [6, 6.07) is 8.49. The molecule has 1 aliphatic rings. The van der Waals surface area contributed by atoms with E-state index in [9.17, 15) is 0 Å². The van der Waals surface area contributed by atoms with Crippen molar-refractivity contribution in [3.63, 3.8) is 0 Å². The zero-order chi connectivity index (χ0) is 6.10. The number of rotatable bonds is 0. The Morgan fingerprint density at radius 3 is 2.70 bits per heavy atom. The van der Waals surface area contributed by atoms with Gasteiger partial charge in [-0.1, -0.05) is 36.4 Å². The Labute approximate surface area is 67.0 Å². The Bertz CT molecular complexity index is 251. The summed E-state index contributed by atoms with van der Waals surface area (Å²) in [6.45, 7) is 0. The van der Waals surface area contributed by atoms with Gasteiger partial charge in [0.15, 0.2) is 0 Å². The van der Waals surface area contributed by atoms with Crippen LogP contribution in [0.1, 0.15) is 11.1 Å². The molecule has 0 aliphatic heterocycles. The quantitative estimate of drug-likeness (QED) is 0.536. The first-order valence-electron chi connectivity index (χ1n) is 3.21. The fourth-order valence-corrected chi connectivity index (χ4v) is 1.20. The molecule has 0 atom stereocenters. The van der Waals surface area contributed by atoms with Crippen LogP contribution in [0.5, 0.6) is 0 Å². The van der Waals surface area contributed by atoms with E-state index < -0.39 is 0 Å². The zero-order valence-electron chi connectivity index (χ0n) is 5.58. The molecule has 1 aromatic carbocycles. The highest BCUT2D eigenvalue weighted by Crippen LogP contribution is 2.17. The summed E-state index contributed by atoms with van der Waals surface area (Å²) in [7, 11) is 0. The molecule has 0 aromatic heterocycles. The third-order valence-electron chi connectivity index (χ3n) is 1.69. The van der Waals surface area contributed by atoms with Crippen molar-refractivity contribution in [3.8, 4) is 0 Å². The van der Waals surface area contributed by atoms with Crippen LogP contribution in [-0.2, 0) is 6.42 Å². The second-order valence-corrected chi connectivity index (χ2v) is 2.31. The van der Waals surface area contributed by atoms with Crippen LogP contribution in [0.3, 0.4) is 0 Å². The molecule has 0 N–H and O–H groups in total. The lowest BCUT2D eigenvalue weighted by Gasteiger charge is -1.93. The predicted molar refractivity (Wildman–Crippen MR) is 46.4 cm³/mol. The predicted octanol–water partition coefficient (Wildman–Crippen LogP) is 2.68. The number of hydrogen-bond acceptors (Lipinski definition) is 0. The molecule has 0 bridgehead atoms. The number of halogens is 1. The molecule has 0 heterocycles. The summed E-state index contributed by atoms with van der Waals surface area (Å²) >= 11 is 0. The van der Waals surface area contributed by atoms with Crippen molar-refractivity contribution < 1.29 is 0 Å². The van der Waals surface area contributed by atoms with E-state index in [4.69, 9.17) is 0 Å². The van der Waals surface area contributed by atoms with Crippen molar-refractivity contribution in [1.82, 2.24) is 0 Å². The Kier molecular flexibility index (Phi) is 2.13. The van der Waals surface area contributed by atoms with Crippen LogP contribution in [0.15, 0.2) is 30.3 Å². The maximum atomic E-state index is 2.20. The molecule has 0 amide bonds. The van der Waals surface area contributed by atoms with Crippen LogP contribution in [0.4, 0.5) is 0 Å². The van der Waals surface area contributed by atoms with E-state index in [2.05, 4.69) is 36.4 Å². The van der Waals surface area contributed by atoms with Crippen LogP contribution in [0, 0.1) is 0 Å². The highest BCUT2D eigenvalue weighted by atomic mass is 35.5. The Balaban J connectivity index is 0.000000500. The first-order valence-corrected chi connectivity index (χ1v) is 3.21. The molecule has 10 heavy (non-hydrogen) atoms. The van der Waals surface area contributed by atoms with Gasteiger partial charge in [0.25, 0.3) is 0 Å². The van der Waals surface area contributed by atoms with E-state index in [1.807, 2.05) is 0 Å². The zero-order valence-corrected chi connectivity index (χ0v) is 6.40. The molecule has 0 unspecified atom stereocenters. The molecule has 0 saturated heterocycles. The smallest absolute Gasteiger partial charge is 0.00882 e. The van der Waals surface area contributed by atoms with Gasteiger partial charge < -0.3 is 0 Å². The van der Waals surface area contributed by atoms with Gasteiger partial charge in [-0.25, -0.2) is 0 Å². The maximum Gasteiger partial charge on any atom is -0.00882 e. The number of allylic oxidation sites excluding steroid dienone is 1. The minimum Gasteiger partial charge on any atom is -0.147 e. The van der Waals surface area contributed by atoms with Crippen molar-refractivity contribution >= 4 is 18.5 Å². The van der Waals surface area contributed by atoms with Crippen molar-refractivity contribution in [2.75, 3.05) is 0 Å². The van der Waals surface area contributed by atoms with E-state index in [0.29, 0.717) is 0 Å². The largest absolute Gasteiger partial charge is 0.147 e. The topological polar surface area (TPSA) is 0 Å². The van der Waals surface area contributed by atoms with Crippen molar-refractivity contribution in [2.24, 2.45) is 0 Å². The highest BCUT2D eigenvalue weighted by Gasteiger charge is 2.00. The summed E-state index contributed by atoms with van der Waals surface area (Å²) in [5.41, 5.74) is 2.84. The molecular weight excluding hydrogens is 144 g/mol. The number of fused-ring (bicyclic) bond motifs is 1. The molecule has 0 radical (unpaired) electrons. The van der Waals surface area contributed by atoms with E-state index in [1.54, 1.807) is 0 Å². The van der Waals surface area contributed by atoms with Crippen LogP contribution < -0.4 is 0 Å². The molecule has 2 rings (SSSR count). The first-order chi connectivity index (χ1) is 4.47. The molecule has 52 valence electrons. The lowest BCUT2D eigenvalue weighted by atomic mass is 10.1. The second kappa shape index (κ2) is 2.89.